The number of hydrogen-bond donors (Lipinski definition) is 1. The maximum absolute atomic E-state index is 11.8. The lowest BCUT2D eigenvalue weighted by molar-refractivity contribution is 0.0494. The average Bonchev–Trinajstić information content (AvgIpc) is 2.46. The molecule has 1 N–H and O–H groups in total. The Morgan fingerprint density at radius 2 is 1.61 bits per heavy atom. The summed E-state index contributed by atoms with van der Waals surface area (Å²) in [5.41, 5.74) is 0.476. The summed E-state index contributed by atoms with van der Waals surface area (Å²) < 4.78 is 5.27. The largest absolute Gasteiger partial charge is 0.508 e. The number of benzene rings is 1. The van der Waals surface area contributed by atoms with E-state index in [2.05, 4.69) is 32.6 Å². The van der Waals surface area contributed by atoms with Crippen LogP contribution in [-0.4, -0.2) is 42.2 Å². The highest BCUT2D eigenvalue weighted by atomic mass is 16.5. The van der Waals surface area contributed by atoms with Gasteiger partial charge in [-0.15, -0.1) is 0 Å². The van der Waals surface area contributed by atoms with Crippen molar-refractivity contribution in [2.75, 3.05) is 26.2 Å². The smallest absolute Gasteiger partial charge is 0.338 e. The summed E-state index contributed by atoms with van der Waals surface area (Å²) in [6, 6.07) is 6.13. The highest BCUT2D eigenvalue weighted by Crippen LogP contribution is 2.11. The molecule has 23 heavy (non-hydrogen) atoms. The number of nitrogens with zero attached hydrogens (tertiary/aromatic N) is 1. The van der Waals surface area contributed by atoms with Gasteiger partial charge in [0.25, 0.3) is 0 Å². The van der Waals surface area contributed by atoms with Crippen molar-refractivity contribution in [1.82, 2.24) is 4.90 Å². The molecule has 0 saturated heterocycles. The first-order chi connectivity index (χ1) is 10.9. The molecule has 1 aromatic carbocycles. The lowest BCUT2D eigenvalue weighted by atomic mass is 10.1. The van der Waals surface area contributed by atoms with Gasteiger partial charge in [-0.1, -0.05) is 27.7 Å². The number of aromatic hydroxyl groups is 1. The first kappa shape index (κ1) is 19.5. The maximum Gasteiger partial charge on any atom is 0.338 e. The van der Waals surface area contributed by atoms with Crippen molar-refractivity contribution in [3.8, 4) is 5.75 Å². The third kappa shape index (κ3) is 8.60. The molecule has 1 aromatic rings. The van der Waals surface area contributed by atoms with E-state index in [1.807, 2.05) is 0 Å². The van der Waals surface area contributed by atoms with E-state index in [4.69, 9.17) is 4.74 Å². The molecule has 1 rings (SSSR count). The predicted molar refractivity (Wildman–Crippen MR) is 93.7 cm³/mol. The molecule has 0 heterocycles. The van der Waals surface area contributed by atoms with Crippen LogP contribution < -0.4 is 0 Å². The lowest BCUT2D eigenvalue weighted by Crippen LogP contribution is -2.32. The zero-order valence-corrected chi connectivity index (χ0v) is 14.9. The fourth-order valence-corrected chi connectivity index (χ4v) is 2.57. The van der Waals surface area contributed by atoms with Crippen LogP contribution in [0.1, 0.15) is 50.9 Å². The van der Waals surface area contributed by atoms with Crippen LogP contribution in [0.4, 0.5) is 0 Å². The number of carbonyl (C=O) groups excluding carboxylic acids is 1. The molecule has 0 atom stereocenters. The summed E-state index contributed by atoms with van der Waals surface area (Å²) >= 11 is 0. The molecule has 0 aliphatic carbocycles. The molecule has 4 nitrogen and oxygen atoms in total. The zero-order chi connectivity index (χ0) is 17.2. The van der Waals surface area contributed by atoms with E-state index in [1.54, 1.807) is 12.1 Å². The highest BCUT2D eigenvalue weighted by Gasteiger charge is 2.10. The topological polar surface area (TPSA) is 49.8 Å². The summed E-state index contributed by atoms with van der Waals surface area (Å²) in [5.74, 6) is 1.16. The van der Waals surface area contributed by atoms with E-state index in [1.165, 1.54) is 12.1 Å². The molecule has 0 spiro atoms. The van der Waals surface area contributed by atoms with Gasteiger partial charge in [-0.05, 0) is 55.5 Å². The first-order valence-electron chi connectivity index (χ1n) is 8.57. The fourth-order valence-electron chi connectivity index (χ4n) is 2.57. The fraction of sp³-hybridized carbons (Fsp3) is 0.632. The Bertz CT molecular complexity index is 444. The van der Waals surface area contributed by atoms with Gasteiger partial charge in [0.05, 0.1) is 12.2 Å². The van der Waals surface area contributed by atoms with Gasteiger partial charge in [-0.3, -0.25) is 0 Å². The number of esters is 1. The van der Waals surface area contributed by atoms with Crippen molar-refractivity contribution < 1.29 is 14.6 Å². The monoisotopic (exact) mass is 321 g/mol. The quantitative estimate of drug-likeness (QED) is 0.524. The summed E-state index contributed by atoms with van der Waals surface area (Å²) in [5, 5.41) is 9.20. The molecular weight excluding hydrogens is 290 g/mol. The summed E-state index contributed by atoms with van der Waals surface area (Å²) in [6.45, 7) is 12.7. The van der Waals surface area contributed by atoms with Crippen molar-refractivity contribution >= 4 is 5.97 Å². The number of ether oxygens (including phenoxy) is 1. The van der Waals surface area contributed by atoms with Crippen LogP contribution in [-0.2, 0) is 4.74 Å². The van der Waals surface area contributed by atoms with Crippen LogP contribution in [0.3, 0.4) is 0 Å². The van der Waals surface area contributed by atoms with E-state index in [9.17, 15) is 9.90 Å². The van der Waals surface area contributed by atoms with Crippen LogP contribution in [0.2, 0.25) is 0 Å². The van der Waals surface area contributed by atoms with Gasteiger partial charge >= 0.3 is 5.97 Å². The van der Waals surface area contributed by atoms with E-state index < -0.39 is 0 Å². The Kier molecular flexibility index (Phi) is 8.70. The SMILES string of the molecule is CC(C)CN(CCCCOC(=O)c1ccc(O)cc1)CC(C)C. The molecule has 0 bridgehead atoms. The normalized spacial score (nSPS) is 11.4. The Morgan fingerprint density at radius 1 is 1.04 bits per heavy atom. The van der Waals surface area contributed by atoms with Crippen molar-refractivity contribution in [1.29, 1.82) is 0 Å². The number of phenolic OH excluding ortho intramolecular Hbond substituents is 1. The van der Waals surface area contributed by atoms with Gasteiger partial charge in [0.1, 0.15) is 5.75 Å². The van der Waals surface area contributed by atoms with E-state index in [0.717, 1.165) is 32.5 Å². The summed E-state index contributed by atoms with van der Waals surface area (Å²) in [7, 11) is 0. The summed E-state index contributed by atoms with van der Waals surface area (Å²) in [6.07, 6.45) is 1.90. The summed E-state index contributed by atoms with van der Waals surface area (Å²) in [4.78, 5) is 14.3. The molecule has 0 aliphatic rings. The third-order valence-corrected chi connectivity index (χ3v) is 3.45. The minimum atomic E-state index is -0.328. The Hall–Kier alpha value is -1.55. The lowest BCUT2D eigenvalue weighted by Gasteiger charge is -2.26. The highest BCUT2D eigenvalue weighted by molar-refractivity contribution is 5.89. The Morgan fingerprint density at radius 3 is 2.13 bits per heavy atom. The second-order valence-corrected chi connectivity index (χ2v) is 6.94. The molecule has 0 aliphatic heterocycles. The third-order valence-electron chi connectivity index (χ3n) is 3.45. The van der Waals surface area contributed by atoms with Crippen LogP contribution in [0.25, 0.3) is 0 Å². The predicted octanol–water partition coefficient (Wildman–Crippen LogP) is 3.94. The van der Waals surface area contributed by atoms with Crippen molar-refractivity contribution in [2.45, 2.75) is 40.5 Å². The van der Waals surface area contributed by atoms with Crippen LogP contribution >= 0.6 is 0 Å². The average molecular weight is 321 g/mol. The molecular formula is C19H31NO3. The van der Waals surface area contributed by atoms with E-state index in [0.29, 0.717) is 24.0 Å². The second-order valence-electron chi connectivity index (χ2n) is 6.94. The number of rotatable bonds is 10. The molecule has 0 radical (unpaired) electrons. The van der Waals surface area contributed by atoms with E-state index >= 15 is 0 Å². The van der Waals surface area contributed by atoms with E-state index in [-0.39, 0.29) is 11.7 Å². The molecule has 0 saturated carbocycles. The number of phenols is 1. The molecule has 0 unspecified atom stereocenters. The van der Waals surface area contributed by atoms with Crippen molar-refractivity contribution in [2.24, 2.45) is 11.8 Å². The number of unbranched alkanes of at least 4 members (excludes halogenated alkanes) is 1. The van der Waals surface area contributed by atoms with Crippen molar-refractivity contribution in [3.05, 3.63) is 29.8 Å². The van der Waals surface area contributed by atoms with Crippen LogP contribution in [0, 0.1) is 11.8 Å². The minimum Gasteiger partial charge on any atom is -0.508 e. The Labute approximate surface area is 140 Å². The van der Waals surface area contributed by atoms with Crippen LogP contribution in [0.5, 0.6) is 5.75 Å². The van der Waals surface area contributed by atoms with Crippen LogP contribution in [0.15, 0.2) is 24.3 Å². The van der Waals surface area contributed by atoms with Gasteiger partial charge < -0.3 is 14.7 Å². The van der Waals surface area contributed by atoms with Gasteiger partial charge in [-0.25, -0.2) is 4.79 Å². The van der Waals surface area contributed by atoms with Gasteiger partial charge in [0.15, 0.2) is 0 Å². The Balaban J connectivity index is 2.24. The minimum absolute atomic E-state index is 0.150. The van der Waals surface area contributed by atoms with Gasteiger partial charge in [0.2, 0.25) is 0 Å². The molecule has 0 aromatic heterocycles. The second kappa shape index (κ2) is 10.3. The van der Waals surface area contributed by atoms with Gasteiger partial charge in [-0.2, -0.15) is 0 Å². The first-order valence-corrected chi connectivity index (χ1v) is 8.57. The molecule has 0 amide bonds. The standard InChI is InChI=1S/C19H31NO3/c1-15(2)13-20(14-16(3)4)11-5-6-12-23-19(22)17-7-9-18(21)10-8-17/h7-10,15-16,21H,5-6,11-14H2,1-4H3. The molecule has 130 valence electrons. The number of hydrogen-bond acceptors (Lipinski definition) is 4. The molecule has 0 fully saturated rings. The maximum atomic E-state index is 11.8. The van der Waals surface area contributed by atoms with Crippen molar-refractivity contribution in [3.63, 3.8) is 0 Å². The molecule has 4 heteroatoms. The zero-order valence-electron chi connectivity index (χ0n) is 14.9. The number of carbonyl (C=O) groups is 1. The van der Waals surface area contributed by atoms with Gasteiger partial charge in [0, 0.05) is 13.1 Å².